The molecule has 2 N–H and O–H groups in total. The van der Waals surface area contributed by atoms with Crippen LogP contribution in [-0.2, 0) is 0 Å². The molecule has 0 bridgehead atoms. The number of hydrogen-bond acceptors (Lipinski definition) is 2. The Kier molecular flexibility index (Phi) is 5.77. The molecule has 0 aromatic heterocycles. The van der Waals surface area contributed by atoms with Gasteiger partial charge in [0, 0.05) is 4.90 Å². The molecule has 0 aliphatic rings. The average molecular weight is 245 g/mol. The lowest BCUT2D eigenvalue weighted by atomic mass is 9.98. The monoisotopic (exact) mass is 245 g/mol. The van der Waals surface area contributed by atoms with E-state index in [1.54, 1.807) is 0 Å². The van der Waals surface area contributed by atoms with Crippen LogP contribution in [0.2, 0.25) is 0 Å². The average Bonchev–Trinajstić information content (AvgIpc) is 2.27. The number of thioether (sulfide) groups is 1. The quantitative estimate of drug-likeness (QED) is 0.776. The highest BCUT2D eigenvalue weighted by Gasteiger charge is 2.06. The number of alkyl halides is 2. The van der Waals surface area contributed by atoms with Crippen molar-refractivity contribution in [2.45, 2.75) is 30.6 Å². The van der Waals surface area contributed by atoms with Crippen LogP contribution in [0.3, 0.4) is 0 Å². The highest BCUT2D eigenvalue weighted by Crippen LogP contribution is 2.24. The second kappa shape index (κ2) is 6.86. The van der Waals surface area contributed by atoms with Gasteiger partial charge in [0.25, 0.3) is 0 Å². The standard InChI is InChI=1S/C12H17F2NS/c1-9(6-7-15)10-2-4-11(5-3-10)16-8-12(13)14/h2-5,9,12H,6-8,15H2,1H3. The van der Waals surface area contributed by atoms with Crippen LogP contribution in [0.4, 0.5) is 8.78 Å². The maximum Gasteiger partial charge on any atom is 0.247 e. The summed E-state index contributed by atoms with van der Waals surface area (Å²) < 4.78 is 24.0. The van der Waals surface area contributed by atoms with Crippen molar-refractivity contribution in [1.82, 2.24) is 0 Å². The molecular formula is C12H17F2NS. The van der Waals surface area contributed by atoms with E-state index >= 15 is 0 Å². The molecule has 0 radical (unpaired) electrons. The molecule has 0 saturated heterocycles. The van der Waals surface area contributed by atoms with E-state index in [0.29, 0.717) is 12.5 Å². The summed E-state index contributed by atoms with van der Waals surface area (Å²) in [5, 5.41) is 0. The Bertz CT molecular complexity index is 300. The third kappa shape index (κ3) is 4.49. The first-order chi connectivity index (χ1) is 7.63. The molecule has 4 heteroatoms. The first-order valence-electron chi connectivity index (χ1n) is 5.34. The summed E-state index contributed by atoms with van der Waals surface area (Å²) in [6, 6.07) is 7.78. The molecule has 1 aromatic carbocycles. The van der Waals surface area contributed by atoms with Crippen LogP contribution >= 0.6 is 11.8 Å². The van der Waals surface area contributed by atoms with Gasteiger partial charge in [-0.05, 0) is 36.6 Å². The Morgan fingerprint density at radius 3 is 2.38 bits per heavy atom. The minimum absolute atomic E-state index is 0.141. The van der Waals surface area contributed by atoms with Crippen LogP contribution < -0.4 is 5.73 Å². The summed E-state index contributed by atoms with van der Waals surface area (Å²) in [4.78, 5) is 0.893. The van der Waals surface area contributed by atoms with E-state index in [0.717, 1.165) is 11.3 Å². The molecule has 1 rings (SSSR count). The van der Waals surface area contributed by atoms with Gasteiger partial charge in [-0.15, -0.1) is 11.8 Å². The zero-order valence-corrected chi connectivity index (χ0v) is 10.1. The van der Waals surface area contributed by atoms with Gasteiger partial charge in [-0.3, -0.25) is 0 Å². The maximum absolute atomic E-state index is 12.0. The molecular weight excluding hydrogens is 228 g/mol. The SMILES string of the molecule is CC(CCN)c1ccc(SCC(F)F)cc1. The van der Waals surface area contributed by atoms with Crippen LogP contribution in [0.5, 0.6) is 0 Å². The third-order valence-corrected chi connectivity index (χ3v) is 3.45. The van der Waals surface area contributed by atoms with Crippen molar-refractivity contribution in [3.8, 4) is 0 Å². The first kappa shape index (κ1) is 13.5. The highest BCUT2D eigenvalue weighted by atomic mass is 32.2. The zero-order valence-electron chi connectivity index (χ0n) is 9.33. The molecule has 0 heterocycles. The van der Waals surface area contributed by atoms with Crippen molar-refractivity contribution < 1.29 is 8.78 Å². The summed E-state index contributed by atoms with van der Waals surface area (Å²) in [5.74, 6) is 0.289. The van der Waals surface area contributed by atoms with E-state index in [4.69, 9.17) is 5.73 Å². The van der Waals surface area contributed by atoms with Crippen molar-refractivity contribution in [2.24, 2.45) is 5.73 Å². The van der Waals surface area contributed by atoms with E-state index < -0.39 is 6.43 Å². The second-order valence-corrected chi connectivity index (χ2v) is 4.84. The number of benzene rings is 1. The number of nitrogens with two attached hydrogens (primary N) is 1. The van der Waals surface area contributed by atoms with Crippen LogP contribution in [-0.4, -0.2) is 18.7 Å². The molecule has 1 aromatic rings. The van der Waals surface area contributed by atoms with Crippen LogP contribution in [0.15, 0.2) is 29.2 Å². The first-order valence-corrected chi connectivity index (χ1v) is 6.33. The molecule has 1 atom stereocenters. The van der Waals surface area contributed by atoms with Crippen LogP contribution in [0.1, 0.15) is 24.8 Å². The largest absolute Gasteiger partial charge is 0.330 e. The molecule has 0 fully saturated rings. The van der Waals surface area contributed by atoms with E-state index in [1.807, 2.05) is 24.3 Å². The topological polar surface area (TPSA) is 26.0 Å². The van der Waals surface area contributed by atoms with E-state index in [1.165, 1.54) is 17.3 Å². The second-order valence-electron chi connectivity index (χ2n) is 3.75. The normalized spacial score (nSPS) is 13.1. The molecule has 16 heavy (non-hydrogen) atoms. The fraction of sp³-hybridized carbons (Fsp3) is 0.500. The van der Waals surface area contributed by atoms with Crippen LogP contribution in [0.25, 0.3) is 0 Å². The molecule has 0 amide bonds. The van der Waals surface area contributed by atoms with E-state index in [9.17, 15) is 8.78 Å². The lowest BCUT2D eigenvalue weighted by molar-refractivity contribution is 0.177. The summed E-state index contributed by atoms with van der Waals surface area (Å²) in [6.07, 6.45) is -1.30. The zero-order chi connectivity index (χ0) is 12.0. The fourth-order valence-corrected chi connectivity index (χ4v) is 2.12. The van der Waals surface area contributed by atoms with Gasteiger partial charge < -0.3 is 5.73 Å². The molecule has 0 aliphatic carbocycles. The summed E-state index contributed by atoms with van der Waals surface area (Å²) >= 11 is 1.19. The summed E-state index contributed by atoms with van der Waals surface area (Å²) in [5.41, 5.74) is 6.70. The Morgan fingerprint density at radius 2 is 1.88 bits per heavy atom. The van der Waals surface area contributed by atoms with Crippen LogP contribution in [0, 0.1) is 0 Å². The van der Waals surface area contributed by atoms with Gasteiger partial charge in [0.2, 0.25) is 6.43 Å². The third-order valence-electron chi connectivity index (χ3n) is 2.42. The maximum atomic E-state index is 12.0. The van der Waals surface area contributed by atoms with E-state index in [-0.39, 0.29) is 5.75 Å². The van der Waals surface area contributed by atoms with Gasteiger partial charge in [-0.2, -0.15) is 0 Å². The van der Waals surface area contributed by atoms with Crippen molar-refractivity contribution >= 4 is 11.8 Å². The van der Waals surface area contributed by atoms with E-state index in [2.05, 4.69) is 6.92 Å². The molecule has 0 spiro atoms. The Hall–Kier alpha value is -0.610. The Balaban J connectivity index is 2.53. The van der Waals surface area contributed by atoms with Crippen molar-refractivity contribution in [1.29, 1.82) is 0 Å². The highest BCUT2D eigenvalue weighted by molar-refractivity contribution is 7.99. The lowest BCUT2D eigenvalue weighted by Crippen LogP contribution is -2.04. The minimum Gasteiger partial charge on any atom is -0.330 e. The molecule has 90 valence electrons. The lowest BCUT2D eigenvalue weighted by Gasteiger charge is -2.10. The van der Waals surface area contributed by atoms with Gasteiger partial charge in [0.05, 0.1) is 5.75 Å². The minimum atomic E-state index is -2.25. The summed E-state index contributed by atoms with van der Waals surface area (Å²) in [6.45, 7) is 2.79. The number of hydrogen-bond donors (Lipinski definition) is 1. The molecule has 0 saturated carbocycles. The van der Waals surface area contributed by atoms with Crippen molar-refractivity contribution in [3.63, 3.8) is 0 Å². The number of rotatable bonds is 6. The van der Waals surface area contributed by atoms with Gasteiger partial charge in [-0.25, -0.2) is 8.78 Å². The van der Waals surface area contributed by atoms with Gasteiger partial charge in [0.15, 0.2) is 0 Å². The van der Waals surface area contributed by atoms with Gasteiger partial charge in [0.1, 0.15) is 0 Å². The van der Waals surface area contributed by atoms with Crippen molar-refractivity contribution in [3.05, 3.63) is 29.8 Å². The molecule has 1 nitrogen and oxygen atoms in total. The fourth-order valence-electron chi connectivity index (χ4n) is 1.47. The van der Waals surface area contributed by atoms with Gasteiger partial charge in [-0.1, -0.05) is 19.1 Å². The molecule has 0 aliphatic heterocycles. The molecule has 1 unspecified atom stereocenters. The Labute approximate surface area is 99.4 Å². The van der Waals surface area contributed by atoms with Crippen molar-refractivity contribution in [2.75, 3.05) is 12.3 Å². The van der Waals surface area contributed by atoms with Gasteiger partial charge >= 0.3 is 0 Å². The smallest absolute Gasteiger partial charge is 0.247 e. The predicted molar refractivity (Wildman–Crippen MR) is 65.3 cm³/mol. The Morgan fingerprint density at radius 1 is 1.25 bits per heavy atom. The summed E-state index contributed by atoms with van der Waals surface area (Å²) in [7, 11) is 0. The number of halogens is 2. The predicted octanol–water partition coefficient (Wildman–Crippen LogP) is 3.50.